The van der Waals surface area contributed by atoms with E-state index in [1.807, 2.05) is 12.1 Å². The zero-order valence-corrected chi connectivity index (χ0v) is 12.2. The lowest BCUT2D eigenvalue weighted by molar-refractivity contribution is 0.425. The van der Waals surface area contributed by atoms with Crippen molar-refractivity contribution in [3.8, 4) is 11.5 Å². The summed E-state index contributed by atoms with van der Waals surface area (Å²) in [6.45, 7) is 2.08. The molecule has 1 aromatic carbocycles. The van der Waals surface area contributed by atoms with Crippen LogP contribution < -0.4 is 5.73 Å². The van der Waals surface area contributed by atoms with Crippen molar-refractivity contribution in [2.45, 2.75) is 25.1 Å². The Morgan fingerprint density at radius 1 is 1.37 bits per heavy atom. The molecule has 1 heterocycles. The Bertz CT molecular complexity index is 515. The lowest BCUT2D eigenvalue weighted by Gasteiger charge is -2.05. The van der Waals surface area contributed by atoms with Crippen LogP contribution in [0.15, 0.2) is 28.8 Å². The highest BCUT2D eigenvalue weighted by atomic mass is 35.5. The molecule has 0 radical (unpaired) electrons. The zero-order valence-electron chi connectivity index (χ0n) is 10.7. The highest BCUT2D eigenvalue weighted by Gasteiger charge is 2.09. The van der Waals surface area contributed by atoms with Gasteiger partial charge in [0.1, 0.15) is 0 Å². The summed E-state index contributed by atoms with van der Waals surface area (Å²) in [6, 6.07) is 7.55. The van der Waals surface area contributed by atoms with E-state index in [0.29, 0.717) is 22.5 Å². The molecule has 0 aliphatic heterocycles. The van der Waals surface area contributed by atoms with E-state index in [9.17, 15) is 0 Å². The average Bonchev–Trinajstić information content (AvgIpc) is 2.88. The lowest BCUT2D eigenvalue weighted by atomic mass is 10.2. The number of aromatic nitrogens is 2. The second-order valence-corrected chi connectivity index (χ2v) is 5.67. The lowest BCUT2D eigenvalue weighted by Crippen LogP contribution is -2.21. The average molecular weight is 298 g/mol. The highest BCUT2D eigenvalue weighted by molar-refractivity contribution is 7.98. The number of halogens is 1. The molecule has 0 spiro atoms. The standard InChI is InChI=1S/C13H16ClN3OS/c1-2-11(15)7-19-8-12-16-13(18-17-12)9-3-5-10(14)6-4-9/h3-6,11H,2,7-8,15H2,1H3. The van der Waals surface area contributed by atoms with Gasteiger partial charge in [0.05, 0.1) is 5.75 Å². The van der Waals surface area contributed by atoms with Crippen LogP contribution in [0.25, 0.3) is 11.5 Å². The first-order chi connectivity index (χ1) is 9.19. The smallest absolute Gasteiger partial charge is 0.257 e. The van der Waals surface area contributed by atoms with Gasteiger partial charge in [-0.05, 0) is 30.7 Å². The van der Waals surface area contributed by atoms with Gasteiger partial charge in [0.15, 0.2) is 5.82 Å². The molecule has 2 N–H and O–H groups in total. The zero-order chi connectivity index (χ0) is 13.7. The quantitative estimate of drug-likeness (QED) is 0.885. The third-order valence-electron chi connectivity index (χ3n) is 2.65. The third kappa shape index (κ3) is 4.23. The summed E-state index contributed by atoms with van der Waals surface area (Å²) in [5.41, 5.74) is 6.72. The van der Waals surface area contributed by atoms with Crippen molar-refractivity contribution >= 4 is 23.4 Å². The molecule has 1 unspecified atom stereocenters. The number of rotatable bonds is 6. The molecule has 2 rings (SSSR count). The first-order valence-corrected chi connectivity index (χ1v) is 7.64. The first kappa shape index (κ1) is 14.4. The van der Waals surface area contributed by atoms with Crippen molar-refractivity contribution in [3.63, 3.8) is 0 Å². The van der Waals surface area contributed by atoms with Gasteiger partial charge >= 0.3 is 0 Å². The summed E-state index contributed by atoms with van der Waals surface area (Å²) in [6.07, 6.45) is 0.981. The van der Waals surface area contributed by atoms with Crippen molar-refractivity contribution in [2.24, 2.45) is 5.73 Å². The van der Waals surface area contributed by atoms with Crippen LogP contribution in [0.2, 0.25) is 5.02 Å². The number of nitrogens with zero attached hydrogens (tertiary/aromatic N) is 2. The first-order valence-electron chi connectivity index (χ1n) is 6.11. The van der Waals surface area contributed by atoms with Crippen molar-refractivity contribution in [1.82, 2.24) is 10.1 Å². The Hall–Kier alpha value is -1.04. The van der Waals surface area contributed by atoms with Gasteiger partial charge in [0, 0.05) is 22.4 Å². The monoisotopic (exact) mass is 297 g/mol. The molecule has 0 amide bonds. The SMILES string of the molecule is CCC(N)CSCc1noc(-c2ccc(Cl)cc2)n1. The van der Waals surface area contributed by atoms with Gasteiger partial charge in [-0.25, -0.2) is 0 Å². The maximum absolute atomic E-state index is 5.85. The van der Waals surface area contributed by atoms with Gasteiger partial charge in [-0.2, -0.15) is 16.7 Å². The van der Waals surface area contributed by atoms with Crippen molar-refractivity contribution in [3.05, 3.63) is 35.1 Å². The Morgan fingerprint density at radius 3 is 2.79 bits per heavy atom. The highest BCUT2D eigenvalue weighted by Crippen LogP contribution is 2.21. The van der Waals surface area contributed by atoms with E-state index in [0.717, 1.165) is 17.7 Å². The van der Waals surface area contributed by atoms with Gasteiger partial charge in [-0.3, -0.25) is 0 Å². The molecule has 0 saturated carbocycles. The number of nitrogens with two attached hydrogens (primary N) is 1. The van der Waals surface area contributed by atoms with E-state index >= 15 is 0 Å². The van der Waals surface area contributed by atoms with Crippen LogP contribution >= 0.6 is 23.4 Å². The second-order valence-electron chi connectivity index (χ2n) is 4.21. The van der Waals surface area contributed by atoms with Gasteiger partial charge in [-0.1, -0.05) is 23.7 Å². The Morgan fingerprint density at radius 2 is 2.11 bits per heavy atom. The third-order valence-corrected chi connectivity index (χ3v) is 4.02. The number of thioether (sulfide) groups is 1. The summed E-state index contributed by atoms with van der Waals surface area (Å²) in [5.74, 6) is 2.83. The molecule has 0 aliphatic rings. The van der Waals surface area contributed by atoms with Crippen molar-refractivity contribution < 1.29 is 4.52 Å². The van der Waals surface area contributed by atoms with Crippen molar-refractivity contribution in [2.75, 3.05) is 5.75 Å². The molecule has 0 fully saturated rings. The largest absolute Gasteiger partial charge is 0.334 e. The van der Waals surface area contributed by atoms with Crippen LogP contribution in [-0.4, -0.2) is 21.9 Å². The molecule has 102 valence electrons. The molecular weight excluding hydrogens is 282 g/mol. The van der Waals surface area contributed by atoms with E-state index in [1.54, 1.807) is 23.9 Å². The van der Waals surface area contributed by atoms with Crippen LogP contribution in [0.4, 0.5) is 0 Å². The van der Waals surface area contributed by atoms with Gasteiger partial charge in [0.2, 0.25) is 0 Å². The molecule has 0 aliphatic carbocycles. The second kappa shape index (κ2) is 6.93. The Labute approximate surface area is 121 Å². The van der Waals surface area contributed by atoms with E-state index in [4.69, 9.17) is 21.9 Å². The van der Waals surface area contributed by atoms with Crippen molar-refractivity contribution in [1.29, 1.82) is 0 Å². The van der Waals surface area contributed by atoms with Gasteiger partial charge in [0.25, 0.3) is 5.89 Å². The predicted octanol–water partition coefficient (Wildman–Crippen LogP) is 3.36. The maximum atomic E-state index is 5.85. The van der Waals surface area contributed by atoms with Crippen LogP contribution in [0.5, 0.6) is 0 Å². The Kier molecular flexibility index (Phi) is 5.24. The minimum atomic E-state index is 0.229. The fourth-order valence-corrected chi connectivity index (χ4v) is 2.52. The normalized spacial score (nSPS) is 12.6. The number of benzene rings is 1. The molecule has 4 nitrogen and oxygen atoms in total. The molecule has 6 heteroatoms. The van der Waals surface area contributed by atoms with E-state index < -0.39 is 0 Å². The van der Waals surface area contributed by atoms with Crippen LogP contribution in [0.3, 0.4) is 0 Å². The summed E-state index contributed by atoms with van der Waals surface area (Å²) in [7, 11) is 0. The van der Waals surface area contributed by atoms with E-state index in [1.165, 1.54) is 0 Å². The van der Waals surface area contributed by atoms with E-state index in [2.05, 4.69) is 17.1 Å². The van der Waals surface area contributed by atoms with Gasteiger partial charge in [-0.15, -0.1) is 0 Å². The van der Waals surface area contributed by atoms with Gasteiger partial charge < -0.3 is 10.3 Å². The minimum Gasteiger partial charge on any atom is -0.334 e. The summed E-state index contributed by atoms with van der Waals surface area (Å²) in [5, 5.41) is 4.64. The molecule has 19 heavy (non-hydrogen) atoms. The maximum Gasteiger partial charge on any atom is 0.257 e. The number of hydrogen-bond acceptors (Lipinski definition) is 5. The molecule has 1 atom stereocenters. The Balaban J connectivity index is 1.93. The summed E-state index contributed by atoms with van der Waals surface area (Å²) < 4.78 is 5.23. The molecule has 0 bridgehead atoms. The fourth-order valence-electron chi connectivity index (χ4n) is 1.44. The molecule has 0 saturated heterocycles. The molecular formula is C13H16ClN3OS. The topological polar surface area (TPSA) is 64.9 Å². The summed E-state index contributed by atoms with van der Waals surface area (Å²) in [4.78, 5) is 4.35. The van der Waals surface area contributed by atoms with Crippen LogP contribution in [0, 0.1) is 0 Å². The van der Waals surface area contributed by atoms with Crippen LogP contribution in [0.1, 0.15) is 19.2 Å². The molecule has 1 aromatic heterocycles. The minimum absolute atomic E-state index is 0.229. The summed E-state index contributed by atoms with van der Waals surface area (Å²) >= 11 is 7.55. The van der Waals surface area contributed by atoms with Crippen LogP contribution in [-0.2, 0) is 5.75 Å². The molecule has 2 aromatic rings. The van der Waals surface area contributed by atoms with E-state index in [-0.39, 0.29) is 6.04 Å². The number of hydrogen-bond donors (Lipinski definition) is 1. The predicted molar refractivity (Wildman–Crippen MR) is 79.2 cm³/mol. The fraction of sp³-hybridized carbons (Fsp3) is 0.385.